The molecule has 0 saturated heterocycles. The van der Waals surface area contributed by atoms with Crippen LogP contribution < -0.4 is 5.32 Å². The van der Waals surface area contributed by atoms with Crippen molar-refractivity contribution < 1.29 is 0 Å². The van der Waals surface area contributed by atoms with E-state index in [4.69, 9.17) is 0 Å². The first kappa shape index (κ1) is 13.8. The van der Waals surface area contributed by atoms with Gasteiger partial charge in [-0.2, -0.15) is 5.10 Å². The van der Waals surface area contributed by atoms with E-state index in [1.165, 1.54) is 17.0 Å². The Morgan fingerprint density at radius 3 is 2.84 bits per heavy atom. The van der Waals surface area contributed by atoms with E-state index in [1.54, 1.807) is 6.33 Å². The Bertz CT molecular complexity index is 498. The van der Waals surface area contributed by atoms with E-state index in [9.17, 15) is 0 Å². The maximum Gasteiger partial charge on any atom is 0.137 e. The number of hydrogen-bond donors (Lipinski definition) is 2. The molecule has 5 nitrogen and oxygen atoms in total. The van der Waals surface area contributed by atoms with E-state index in [2.05, 4.69) is 51.9 Å². The van der Waals surface area contributed by atoms with E-state index in [0.717, 1.165) is 38.3 Å². The summed E-state index contributed by atoms with van der Waals surface area (Å²) in [7, 11) is 0. The van der Waals surface area contributed by atoms with Gasteiger partial charge in [0, 0.05) is 30.9 Å². The molecule has 0 amide bonds. The summed E-state index contributed by atoms with van der Waals surface area (Å²) in [5, 5.41) is 10.2. The third kappa shape index (κ3) is 3.44. The molecule has 0 fully saturated rings. The normalized spacial score (nSPS) is 11.1. The minimum Gasteiger partial charge on any atom is -0.349 e. The van der Waals surface area contributed by atoms with Gasteiger partial charge in [0.1, 0.15) is 12.2 Å². The molecule has 0 atom stereocenters. The van der Waals surface area contributed by atoms with Crippen LogP contribution >= 0.6 is 0 Å². The number of aryl methyl sites for hydroxylation is 2. The number of aromatic nitrogens is 4. The predicted molar refractivity (Wildman–Crippen MR) is 76.0 cm³/mol. The lowest BCUT2D eigenvalue weighted by molar-refractivity contribution is 0.634. The highest BCUT2D eigenvalue weighted by atomic mass is 15.2. The van der Waals surface area contributed by atoms with Crippen LogP contribution in [0.1, 0.15) is 36.1 Å². The first-order valence-corrected chi connectivity index (χ1v) is 6.93. The van der Waals surface area contributed by atoms with E-state index in [-0.39, 0.29) is 0 Å². The molecule has 0 spiro atoms. The van der Waals surface area contributed by atoms with Gasteiger partial charge in [-0.3, -0.25) is 5.10 Å². The van der Waals surface area contributed by atoms with Gasteiger partial charge in [0.2, 0.25) is 0 Å². The van der Waals surface area contributed by atoms with Crippen LogP contribution in [0.3, 0.4) is 0 Å². The molecule has 0 unspecified atom stereocenters. The molecule has 0 bridgehead atoms. The van der Waals surface area contributed by atoms with Crippen LogP contribution in [0.4, 0.5) is 0 Å². The molecule has 2 aromatic rings. The Morgan fingerprint density at radius 2 is 2.21 bits per heavy atom. The van der Waals surface area contributed by atoms with Gasteiger partial charge >= 0.3 is 0 Å². The Kier molecular flexibility index (Phi) is 4.74. The first-order chi connectivity index (χ1) is 9.22. The van der Waals surface area contributed by atoms with Gasteiger partial charge in [-0.1, -0.05) is 0 Å². The quantitative estimate of drug-likeness (QED) is 0.749. The molecular weight excluding hydrogens is 238 g/mol. The second-order valence-electron chi connectivity index (χ2n) is 4.85. The summed E-state index contributed by atoms with van der Waals surface area (Å²) in [6, 6.07) is 2.28. The van der Waals surface area contributed by atoms with Gasteiger partial charge in [-0.15, -0.1) is 0 Å². The van der Waals surface area contributed by atoms with Gasteiger partial charge < -0.3 is 9.88 Å². The summed E-state index contributed by atoms with van der Waals surface area (Å²) in [6.07, 6.45) is 3.57. The van der Waals surface area contributed by atoms with Gasteiger partial charge in [-0.05, 0) is 45.4 Å². The van der Waals surface area contributed by atoms with Crippen molar-refractivity contribution in [3.05, 3.63) is 35.2 Å². The third-order valence-corrected chi connectivity index (χ3v) is 3.54. The lowest BCUT2D eigenvalue weighted by atomic mass is 10.2. The molecule has 2 aromatic heterocycles. The minimum atomic E-state index is 0.941. The Labute approximate surface area is 114 Å². The van der Waals surface area contributed by atoms with Crippen LogP contribution in [-0.4, -0.2) is 26.3 Å². The summed E-state index contributed by atoms with van der Waals surface area (Å²) in [5.74, 6) is 0.964. The lowest BCUT2D eigenvalue weighted by Gasteiger charge is -2.07. The molecule has 19 heavy (non-hydrogen) atoms. The minimum absolute atomic E-state index is 0.941. The number of nitrogens with one attached hydrogen (secondary N) is 2. The maximum atomic E-state index is 4.11. The van der Waals surface area contributed by atoms with Crippen LogP contribution in [0.25, 0.3) is 0 Å². The maximum absolute atomic E-state index is 4.11. The third-order valence-electron chi connectivity index (χ3n) is 3.54. The fourth-order valence-electron chi connectivity index (χ4n) is 2.49. The van der Waals surface area contributed by atoms with E-state index in [1.807, 2.05) is 0 Å². The van der Waals surface area contributed by atoms with Crippen LogP contribution in [0, 0.1) is 13.8 Å². The summed E-state index contributed by atoms with van der Waals surface area (Å²) in [4.78, 5) is 4.11. The van der Waals surface area contributed by atoms with Crippen molar-refractivity contribution in [2.75, 3.05) is 6.54 Å². The number of nitrogens with zero attached hydrogens (tertiary/aromatic N) is 3. The molecule has 0 saturated carbocycles. The largest absolute Gasteiger partial charge is 0.349 e. The van der Waals surface area contributed by atoms with Crippen molar-refractivity contribution in [1.82, 2.24) is 25.1 Å². The number of rotatable bonds is 7. The highest BCUT2D eigenvalue weighted by Crippen LogP contribution is 2.14. The number of hydrogen-bond acceptors (Lipinski definition) is 3. The summed E-state index contributed by atoms with van der Waals surface area (Å²) >= 11 is 0. The fraction of sp³-hybridized carbons (Fsp3) is 0.571. The Hall–Kier alpha value is -1.62. The zero-order valence-electron chi connectivity index (χ0n) is 12.0. The lowest BCUT2D eigenvalue weighted by Crippen LogP contribution is -2.16. The van der Waals surface area contributed by atoms with E-state index >= 15 is 0 Å². The van der Waals surface area contributed by atoms with Crippen molar-refractivity contribution in [3.63, 3.8) is 0 Å². The fourth-order valence-corrected chi connectivity index (χ4v) is 2.49. The van der Waals surface area contributed by atoms with Crippen LogP contribution in [0.15, 0.2) is 12.4 Å². The molecule has 104 valence electrons. The van der Waals surface area contributed by atoms with Crippen molar-refractivity contribution in [2.45, 2.75) is 46.7 Å². The Morgan fingerprint density at radius 1 is 1.37 bits per heavy atom. The predicted octanol–water partition coefficient (Wildman–Crippen LogP) is 1.97. The van der Waals surface area contributed by atoms with Crippen molar-refractivity contribution in [3.8, 4) is 0 Å². The van der Waals surface area contributed by atoms with Crippen LogP contribution in [-0.2, 0) is 19.5 Å². The second-order valence-corrected chi connectivity index (χ2v) is 4.85. The summed E-state index contributed by atoms with van der Waals surface area (Å²) < 4.78 is 2.35. The van der Waals surface area contributed by atoms with E-state index in [0.29, 0.717) is 0 Å². The van der Waals surface area contributed by atoms with Gasteiger partial charge in [0.25, 0.3) is 0 Å². The molecule has 2 rings (SSSR count). The Balaban J connectivity index is 1.74. The van der Waals surface area contributed by atoms with Gasteiger partial charge in [-0.25, -0.2) is 4.98 Å². The average Bonchev–Trinajstić information content (AvgIpc) is 2.98. The topological polar surface area (TPSA) is 58.5 Å². The first-order valence-electron chi connectivity index (χ1n) is 6.93. The molecule has 5 heteroatoms. The highest BCUT2D eigenvalue weighted by molar-refractivity contribution is 5.26. The monoisotopic (exact) mass is 261 g/mol. The SMILES string of the molecule is CCn1c(C)cc(CNCCCc2ncn[nH]2)c1C. The van der Waals surface area contributed by atoms with Crippen molar-refractivity contribution in [2.24, 2.45) is 0 Å². The molecule has 0 aromatic carbocycles. The molecule has 0 aliphatic heterocycles. The number of aromatic amines is 1. The van der Waals surface area contributed by atoms with Crippen LogP contribution in [0.5, 0.6) is 0 Å². The molecule has 0 radical (unpaired) electrons. The highest BCUT2D eigenvalue weighted by Gasteiger charge is 2.06. The van der Waals surface area contributed by atoms with Crippen LogP contribution in [0.2, 0.25) is 0 Å². The average molecular weight is 261 g/mol. The molecule has 0 aliphatic carbocycles. The van der Waals surface area contributed by atoms with Gasteiger partial charge in [0.15, 0.2) is 0 Å². The zero-order chi connectivity index (χ0) is 13.7. The summed E-state index contributed by atoms with van der Waals surface area (Å²) in [6.45, 7) is 9.54. The van der Waals surface area contributed by atoms with Crippen molar-refractivity contribution >= 4 is 0 Å². The summed E-state index contributed by atoms with van der Waals surface area (Å²) in [5.41, 5.74) is 4.13. The molecular formula is C14H23N5. The van der Waals surface area contributed by atoms with Gasteiger partial charge in [0.05, 0.1) is 0 Å². The standard InChI is InChI=1S/C14H23N5/c1-4-19-11(2)8-13(12(19)3)9-15-7-5-6-14-16-10-17-18-14/h8,10,15H,4-7,9H2,1-3H3,(H,16,17,18). The molecule has 2 heterocycles. The number of H-pyrrole nitrogens is 1. The molecule has 0 aliphatic rings. The zero-order valence-corrected chi connectivity index (χ0v) is 12.0. The smallest absolute Gasteiger partial charge is 0.137 e. The van der Waals surface area contributed by atoms with E-state index < -0.39 is 0 Å². The second kappa shape index (κ2) is 6.52. The molecule has 2 N–H and O–H groups in total. The van der Waals surface area contributed by atoms with Crippen molar-refractivity contribution in [1.29, 1.82) is 0 Å².